The maximum absolute atomic E-state index is 2.48. The van der Waals surface area contributed by atoms with Gasteiger partial charge in [0.2, 0.25) is 0 Å². The summed E-state index contributed by atoms with van der Waals surface area (Å²) < 4.78 is 2.75. The standard InChI is InChI=1S/C45H39NS/c1-43(2)36-18-12-10-16-31(36)32-22-20-29(26-37(32)43)46(28-14-8-7-9-15-28)30-21-23-33-34-24-25-40-41(35-17-11-13-19-39(35)47-40)42(34)45(5,6)44(3,4)38(33)27-30/h7-27H,1-6H3. The molecule has 0 radical (unpaired) electrons. The van der Waals surface area contributed by atoms with Gasteiger partial charge >= 0.3 is 0 Å². The van der Waals surface area contributed by atoms with Gasteiger partial charge in [-0.1, -0.05) is 120 Å². The third kappa shape index (κ3) is 3.82. The van der Waals surface area contributed by atoms with Crippen LogP contribution in [-0.4, -0.2) is 0 Å². The lowest BCUT2D eigenvalue weighted by Crippen LogP contribution is -2.43. The summed E-state index contributed by atoms with van der Waals surface area (Å²) in [6.45, 7) is 14.6. The molecule has 47 heavy (non-hydrogen) atoms. The Kier molecular flexibility index (Phi) is 5.88. The normalized spacial score (nSPS) is 16.4. The lowest BCUT2D eigenvalue weighted by atomic mass is 9.55. The molecule has 2 aliphatic carbocycles. The topological polar surface area (TPSA) is 3.24 Å². The van der Waals surface area contributed by atoms with Crippen molar-refractivity contribution in [2.45, 2.75) is 57.8 Å². The van der Waals surface area contributed by atoms with E-state index < -0.39 is 0 Å². The molecule has 0 bridgehead atoms. The van der Waals surface area contributed by atoms with Crippen LogP contribution >= 0.6 is 11.3 Å². The molecule has 6 aromatic carbocycles. The van der Waals surface area contributed by atoms with Crippen LogP contribution in [-0.2, 0) is 16.2 Å². The molecule has 7 aromatic rings. The molecule has 0 saturated heterocycles. The zero-order valence-corrected chi connectivity index (χ0v) is 28.8. The predicted molar refractivity (Wildman–Crippen MR) is 203 cm³/mol. The van der Waals surface area contributed by atoms with E-state index in [1.165, 1.54) is 81.7 Å². The summed E-state index contributed by atoms with van der Waals surface area (Å²) in [7, 11) is 0. The summed E-state index contributed by atoms with van der Waals surface area (Å²) in [5.41, 5.74) is 14.4. The third-order valence-corrected chi connectivity index (χ3v) is 12.9. The van der Waals surface area contributed by atoms with Crippen LogP contribution in [0.15, 0.2) is 127 Å². The highest BCUT2D eigenvalue weighted by Gasteiger charge is 2.47. The molecule has 0 atom stereocenters. The lowest BCUT2D eigenvalue weighted by Gasteiger charge is -2.49. The van der Waals surface area contributed by atoms with Crippen LogP contribution in [0.2, 0.25) is 0 Å². The van der Waals surface area contributed by atoms with Crippen LogP contribution in [0, 0.1) is 0 Å². The zero-order valence-electron chi connectivity index (χ0n) is 28.0. The number of hydrogen-bond acceptors (Lipinski definition) is 2. The van der Waals surface area contributed by atoms with E-state index in [2.05, 4.69) is 174 Å². The molecule has 1 nitrogen and oxygen atoms in total. The quantitative estimate of drug-likeness (QED) is 0.189. The van der Waals surface area contributed by atoms with Gasteiger partial charge in [-0.3, -0.25) is 0 Å². The van der Waals surface area contributed by atoms with Crippen LogP contribution in [0.4, 0.5) is 17.1 Å². The lowest BCUT2D eigenvalue weighted by molar-refractivity contribution is 0.301. The maximum atomic E-state index is 2.48. The number of anilines is 3. The second kappa shape index (κ2) is 9.69. The fourth-order valence-electron chi connectivity index (χ4n) is 8.62. The monoisotopic (exact) mass is 625 g/mol. The van der Waals surface area contributed by atoms with Gasteiger partial charge in [-0.25, -0.2) is 0 Å². The minimum absolute atomic E-state index is 0.0625. The molecular formula is C45H39NS. The van der Waals surface area contributed by atoms with Crippen molar-refractivity contribution in [3.63, 3.8) is 0 Å². The first kappa shape index (κ1) is 28.6. The number of fused-ring (bicyclic) bond motifs is 10. The number of benzene rings is 6. The van der Waals surface area contributed by atoms with Crippen molar-refractivity contribution < 1.29 is 0 Å². The molecule has 0 aliphatic heterocycles. The fourth-order valence-corrected chi connectivity index (χ4v) is 9.73. The van der Waals surface area contributed by atoms with Crippen LogP contribution < -0.4 is 4.90 Å². The average Bonchev–Trinajstić information content (AvgIpc) is 3.56. The van der Waals surface area contributed by atoms with E-state index in [0.29, 0.717) is 0 Å². The summed E-state index contributed by atoms with van der Waals surface area (Å²) in [6, 6.07) is 47.7. The molecule has 0 fully saturated rings. The predicted octanol–water partition coefficient (Wildman–Crippen LogP) is 13.1. The molecule has 9 rings (SSSR count). The van der Waals surface area contributed by atoms with Crippen molar-refractivity contribution in [2.75, 3.05) is 4.90 Å². The van der Waals surface area contributed by atoms with Gasteiger partial charge in [0, 0.05) is 48.1 Å². The largest absolute Gasteiger partial charge is 0.310 e. The van der Waals surface area contributed by atoms with E-state index in [0.717, 1.165) is 0 Å². The molecule has 0 unspecified atom stereocenters. The second-order valence-electron chi connectivity index (χ2n) is 15.0. The van der Waals surface area contributed by atoms with E-state index in [1.54, 1.807) is 0 Å². The van der Waals surface area contributed by atoms with Crippen LogP contribution in [0.3, 0.4) is 0 Å². The van der Waals surface area contributed by atoms with Crippen LogP contribution in [0.1, 0.15) is 63.8 Å². The Morgan fingerprint density at radius 3 is 1.81 bits per heavy atom. The molecule has 0 amide bonds. The van der Waals surface area contributed by atoms with Gasteiger partial charge in [0.15, 0.2) is 0 Å². The first-order chi connectivity index (χ1) is 22.6. The molecule has 1 aromatic heterocycles. The summed E-state index contributed by atoms with van der Waals surface area (Å²) in [4.78, 5) is 2.45. The van der Waals surface area contributed by atoms with Gasteiger partial charge in [0.1, 0.15) is 0 Å². The minimum atomic E-state index is -0.118. The summed E-state index contributed by atoms with van der Waals surface area (Å²) in [6.07, 6.45) is 0. The van der Waals surface area contributed by atoms with Crippen molar-refractivity contribution in [3.05, 3.63) is 150 Å². The fraction of sp³-hybridized carbons (Fsp3) is 0.200. The first-order valence-electron chi connectivity index (χ1n) is 16.8. The summed E-state index contributed by atoms with van der Waals surface area (Å²) in [5, 5.41) is 2.81. The van der Waals surface area contributed by atoms with Gasteiger partial charge in [-0.05, 0) is 98.5 Å². The third-order valence-electron chi connectivity index (χ3n) is 11.8. The number of hydrogen-bond donors (Lipinski definition) is 0. The van der Waals surface area contributed by atoms with Gasteiger partial charge in [-0.2, -0.15) is 0 Å². The van der Waals surface area contributed by atoms with Gasteiger partial charge < -0.3 is 4.90 Å². The van der Waals surface area contributed by atoms with E-state index in [9.17, 15) is 0 Å². The van der Waals surface area contributed by atoms with Crippen molar-refractivity contribution in [1.29, 1.82) is 0 Å². The Labute approximate surface area is 282 Å². The number of nitrogens with zero attached hydrogens (tertiary/aromatic N) is 1. The molecule has 0 saturated carbocycles. The van der Waals surface area contributed by atoms with E-state index in [4.69, 9.17) is 0 Å². The molecule has 230 valence electrons. The Morgan fingerprint density at radius 2 is 1.04 bits per heavy atom. The Balaban J connectivity index is 1.26. The highest BCUT2D eigenvalue weighted by molar-refractivity contribution is 7.25. The number of para-hydroxylation sites is 1. The highest BCUT2D eigenvalue weighted by atomic mass is 32.1. The Bertz CT molecular complexity index is 2390. The van der Waals surface area contributed by atoms with Gasteiger partial charge in [0.25, 0.3) is 0 Å². The van der Waals surface area contributed by atoms with Crippen molar-refractivity contribution in [1.82, 2.24) is 0 Å². The number of thiophene rings is 1. The van der Waals surface area contributed by atoms with Crippen LogP contribution in [0.25, 0.3) is 42.4 Å². The van der Waals surface area contributed by atoms with Crippen molar-refractivity contribution in [3.8, 4) is 22.3 Å². The molecule has 2 aliphatic rings. The van der Waals surface area contributed by atoms with Gasteiger partial charge in [0.05, 0.1) is 0 Å². The second-order valence-corrected chi connectivity index (χ2v) is 16.1. The number of rotatable bonds is 3. The van der Waals surface area contributed by atoms with E-state index in [-0.39, 0.29) is 16.2 Å². The van der Waals surface area contributed by atoms with E-state index in [1.807, 2.05) is 11.3 Å². The van der Waals surface area contributed by atoms with E-state index >= 15 is 0 Å². The smallest absolute Gasteiger partial charge is 0.0465 e. The summed E-state index contributed by atoms with van der Waals surface area (Å²) >= 11 is 1.92. The zero-order chi connectivity index (χ0) is 32.3. The van der Waals surface area contributed by atoms with Crippen molar-refractivity contribution in [2.24, 2.45) is 0 Å². The maximum Gasteiger partial charge on any atom is 0.0465 e. The highest BCUT2D eigenvalue weighted by Crippen LogP contribution is 2.58. The van der Waals surface area contributed by atoms with Gasteiger partial charge in [-0.15, -0.1) is 11.3 Å². The van der Waals surface area contributed by atoms with Crippen LogP contribution in [0.5, 0.6) is 0 Å². The molecule has 0 N–H and O–H groups in total. The summed E-state index contributed by atoms with van der Waals surface area (Å²) in [5.74, 6) is 0. The van der Waals surface area contributed by atoms with Crippen molar-refractivity contribution >= 4 is 48.6 Å². The molecule has 1 heterocycles. The Morgan fingerprint density at radius 1 is 0.447 bits per heavy atom. The SMILES string of the molecule is CC1(C)c2ccccc2-c2ccc(N(c3ccccc3)c3ccc4c(c3)C(C)(C)C(C)(C)c3c-4ccc4sc5ccccc5c34)cc21. The minimum Gasteiger partial charge on any atom is -0.310 e. The molecular weight excluding hydrogens is 587 g/mol. The average molecular weight is 626 g/mol. The first-order valence-corrected chi connectivity index (χ1v) is 17.6. The molecule has 0 spiro atoms. The molecule has 2 heteroatoms. The Hall–Kier alpha value is -4.66.